The summed E-state index contributed by atoms with van der Waals surface area (Å²) in [4.78, 5) is 0. The molecule has 4 heteroatoms. The van der Waals surface area contributed by atoms with Gasteiger partial charge in [-0.1, -0.05) is 0 Å². The van der Waals surface area contributed by atoms with E-state index in [1.807, 2.05) is 0 Å². The second-order valence-corrected chi connectivity index (χ2v) is 3.54. The van der Waals surface area contributed by atoms with Crippen molar-refractivity contribution in [2.45, 2.75) is 18.9 Å². The fourth-order valence-electron chi connectivity index (χ4n) is 1.35. The molecule has 13 heavy (non-hydrogen) atoms. The first-order valence-corrected chi connectivity index (χ1v) is 4.85. The summed E-state index contributed by atoms with van der Waals surface area (Å²) in [5.41, 5.74) is 5.65. The molecule has 4 nitrogen and oxygen atoms in total. The minimum absolute atomic E-state index is 0.0349. The molecule has 0 aromatic rings. The minimum atomic E-state index is -0.0349. The van der Waals surface area contributed by atoms with E-state index in [4.69, 9.17) is 20.3 Å². The molecule has 1 rings (SSSR count). The van der Waals surface area contributed by atoms with Crippen molar-refractivity contribution >= 4 is 0 Å². The van der Waals surface area contributed by atoms with Crippen molar-refractivity contribution in [1.29, 1.82) is 0 Å². The summed E-state index contributed by atoms with van der Waals surface area (Å²) in [6.07, 6.45) is 1.70. The van der Waals surface area contributed by atoms with Crippen LogP contribution in [-0.2, 0) is 9.47 Å². The van der Waals surface area contributed by atoms with Gasteiger partial charge in [0, 0.05) is 25.2 Å². The van der Waals surface area contributed by atoms with E-state index >= 15 is 0 Å². The third-order valence-corrected chi connectivity index (χ3v) is 2.21. The predicted molar refractivity (Wildman–Crippen MR) is 49.4 cm³/mol. The van der Waals surface area contributed by atoms with Gasteiger partial charge >= 0.3 is 0 Å². The van der Waals surface area contributed by atoms with E-state index in [9.17, 15) is 0 Å². The molecule has 3 N–H and O–H groups in total. The van der Waals surface area contributed by atoms with Crippen molar-refractivity contribution in [3.63, 3.8) is 0 Å². The highest BCUT2D eigenvalue weighted by Gasteiger charge is 2.15. The lowest BCUT2D eigenvalue weighted by atomic mass is 10.1. The van der Waals surface area contributed by atoms with Gasteiger partial charge in [-0.3, -0.25) is 0 Å². The third kappa shape index (κ3) is 4.57. The zero-order valence-corrected chi connectivity index (χ0v) is 7.95. The van der Waals surface area contributed by atoms with Gasteiger partial charge in [-0.15, -0.1) is 0 Å². The first-order chi connectivity index (χ1) is 6.33. The largest absolute Gasteiger partial charge is 0.396 e. The first kappa shape index (κ1) is 10.9. The van der Waals surface area contributed by atoms with E-state index in [0.717, 1.165) is 26.2 Å². The molecule has 1 heterocycles. The Morgan fingerprint density at radius 1 is 1.62 bits per heavy atom. The molecular weight excluding hydrogens is 170 g/mol. The van der Waals surface area contributed by atoms with Gasteiger partial charge in [0.15, 0.2) is 0 Å². The van der Waals surface area contributed by atoms with Crippen LogP contribution in [0.25, 0.3) is 0 Å². The van der Waals surface area contributed by atoms with E-state index in [-0.39, 0.29) is 12.6 Å². The number of nitrogens with two attached hydrogens (primary N) is 1. The van der Waals surface area contributed by atoms with Crippen LogP contribution in [0.4, 0.5) is 0 Å². The molecule has 1 fully saturated rings. The zero-order chi connectivity index (χ0) is 9.52. The number of ether oxygens (including phenoxy) is 2. The highest BCUT2D eigenvalue weighted by atomic mass is 16.5. The molecule has 2 atom stereocenters. The first-order valence-electron chi connectivity index (χ1n) is 4.85. The molecule has 0 amide bonds. The van der Waals surface area contributed by atoms with Crippen LogP contribution in [0.1, 0.15) is 12.8 Å². The number of aliphatic hydroxyl groups excluding tert-OH is 1. The lowest BCUT2D eigenvalue weighted by molar-refractivity contribution is 0.0762. The summed E-state index contributed by atoms with van der Waals surface area (Å²) < 4.78 is 10.6. The van der Waals surface area contributed by atoms with Crippen molar-refractivity contribution in [3.8, 4) is 0 Å². The van der Waals surface area contributed by atoms with Gasteiger partial charge in [0.25, 0.3) is 0 Å². The highest BCUT2D eigenvalue weighted by Crippen LogP contribution is 2.12. The van der Waals surface area contributed by atoms with Crippen LogP contribution in [0, 0.1) is 5.92 Å². The van der Waals surface area contributed by atoms with Crippen LogP contribution in [-0.4, -0.2) is 44.2 Å². The molecule has 0 spiro atoms. The molecule has 1 saturated heterocycles. The Balaban J connectivity index is 1.93. The molecule has 2 unspecified atom stereocenters. The van der Waals surface area contributed by atoms with Gasteiger partial charge in [0.05, 0.1) is 19.8 Å². The lowest BCUT2D eigenvalue weighted by Crippen LogP contribution is -2.28. The summed E-state index contributed by atoms with van der Waals surface area (Å²) in [6.45, 7) is 3.08. The van der Waals surface area contributed by atoms with Gasteiger partial charge < -0.3 is 20.3 Å². The van der Waals surface area contributed by atoms with E-state index < -0.39 is 0 Å². The average Bonchev–Trinajstić information content (AvgIpc) is 2.57. The van der Waals surface area contributed by atoms with Gasteiger partial charge in [0.2, 0.25) is 0 Å². The lowest BCUT2D eigenvalue weighted by Gasteiger charge is -2.12. The van der Waals surface area contributed by atoms with Crippen LogP contribution < -0.4 is 5.73 Å². The molecule has 0 aliphatic carbocycles. The summed E-state index contributed by atoms with van der Waals surface area (Å²) in [5, 5.41) is 8.59. The monoisotopic (exact) mass is 189 g/mol. The van der Waals surface area contributed by atoms with Crippen LogP contribution in [0.2, 0.25) is 0 Å². The molecule has 1 aliphatic heterocycles. The fraction of sp³-hybridized carbons (Fsp3) is 1.00. The summed E-state index contributed by atoms with van der Waals surface area (Å²) in [7, 11) is 0. The molecule has 0 radical (unpaired) electrons. The second-order valence-electron chi connectivity index (χ2n) is 3.54. The third-order valence-electron chi connectivity index (χ3n) is 2.21. The van der Waals surface area contributed by atoms with Crippen molar-refractivity contribution in [2.75, 3.05) is 33.0 Å². The van der Waals surface area contributed by atoms with Crippen molar-refractivity contribution < 1.29 is 14.6 Å². The summed E-state index contributed by atoms with van der Waals surface area (Å²) >= 11 is 0. The number of hydrogen-bond donors (Lipinski definition) is 2. The zero-order valence-electron chi connectivity index (χ0n) is 7.95. The van der Waals surface area contributed by atoms with Crippen molar-refractivity contribution in [1.82, 2.24) is 0 Å². The minimum Gasteiger partial charge on any atom is -0.396 e. The summed E-state index contributed by atoms with van der Waals surface area (Å²) in [6, 6.07) is -0.0349. The predicted octanol–water partition coefficient (Wildman–Crippen LogP) is -0.251. The normalized spacial score (nSPS) is 24.9. The second kappa shape index (κ2) is 6.32. The quantitative estimate of drug-likeness (QED) is 0.604. The smallest absolute Gasteiger partial charge is 0.0618 e. The van der Waals surface area contributed by atoms with Crippen molar-refractivity contribution in [3.05, 3.63) is 0 Å². The Hall–Kier alpha value is -0.160. The molecule has 0 bridgehead atoms. The molecule has 78 valence electrons. The Bertz CT molecular complexity index is 126. The average molecular weight is 189 g/mol. The molecule has 0 saturated carbocycles. The van der Waals surface area contributed by atoms with Gasteiger partial charge in [-0.2, -0.15) is 0 Å². The van der Waals surface area contributed by atoms with Crippen LogP contribution in [0.3, 0.4) is 0 Å². The van der Waals surface area contributed by atoms with Crippen LogP contribution in [0.5, 0.6) is 0 Å². The molecule has 0 aromatic heterocycles. The number of rotatable bonds is 6. The maximum atomic E-state index is 8.59. The van der Waals surface area contributed by atoms with E-state index in [1.165, 1.54) is 0 Å². The van der Waals surface area contributed by atoms with Crippen LogP contribution in [0.15, 0.2) is 0 Å². The SMILES string of the molecule is NC(CCO)COCC1CCOC1. The van der Waals surface area contributed by atoms with Crippen LogP contribution >= 0.6 is 0 Å². The maximum Gasteiger partial charge on any atom is 0.0618 e. The topological polar surface area (TPSA) is 64.7 Å². The van der Waals surface area contributed by atoms with Gasteiger partial charge in [0.1, 0.15) is 0 Å². The Morgan fingerprint density at radius 3 is 3.08 bits per heavy atom. The Labute approximate surface area is 79.0 Å². The fourth-order valence-corrected chi connectivity index (χ4v) is 1.35. The standard InChI is InChI=1S/C9H19NO3/c10-9(1-3-11)7-13-6-8-2-4-12-5-8/h8-9,11H,1-7,10H2. The van der Waals surface area contributed by atoms with Gasteiger partial charge in [-0.25, -0.2) is 0 Å². The van der Waals surface area contributed by atoms with E-state index in [2.05, 4.69) is 0 Å². The van der Waals surface area contributed by atoms with Crippen molar-refractivity contribution in [2.24, 2.45) is 11.7 Å². The molecular formula is C9H19NO3. The number of aliphatic hydroxyl groups is 1. The number of hydrogen-bond acceptors (Lipinski definition) is 4. The Kier molecular flexibility index (Phi) is 5.31. The highest BCUT2D eigenvalue weighted by molar-refractivity contribution is 4.64. The van der Waals surface area contributed by atoms with E-state index in [0.29, 0.717) is 18.9 Å². The Morgan fingerprint density at radius 2 is 2.46 bits per heavy atom. The summed E-state index contributed by atoms with van der Waals surface area (Å²) in [5.74, 6) is 0.543. The van der Waals surface area contributed by atoms with E-state index in [1.54, 1.807) is 0 Å². The maximum absolute atomic E-state index is 8.59. The van der Waals surface area contributed by atoms with Gasteiger partial charge in [-0.05, 0) is 12.8 Å². The molecule has 1 aliphatic rings. The molecule has 0 aromatic carbocycles.